The fraction of sp³-hybridized carbons (Fsp3) is 0.0702. The second-order valence-corrected chi connectivity index (χ2v) is 17.3. The molecular weight excluding hydrogens is 987 g/mol. The Bertz CT molecular complexity index is 4000. The van der Waals surface area contributed by atoms with Gasteiger partial charge < -0.3 is 21.7 Å². The highest BCUT2D eigenvalue weighted by Gasteiger charge is 2.32. The van der Waals surface area contributed by atoms with Gasteiger partial charge in [-0.2, -0.15) is 26.3 Å². The number of rotatable bonds is 10. The second kappa shape index (κ2) is 20.9. The van der Waals surface area contributed by atoms with E-state index in [1.807, 2.05) is 12.1 Å². The van der Waals surface area contributed by atoms with E-state index in [4.69, 9.17) is 5.73 Å². The molecule has 4 aromatic heterocycles. The number of nitrogens with zero attached hydrogens (tertiary/aromatic N) is 6. The molecule has 13 nitrogen and oxygen atoms in total. The van der Waals surface area contributed by atoms with E-state index in [-0.39, 0.29) is 17.3 Å². The maximum absolute atomic E-state index is 13.5. The van der Waals surface area contributed by atoms with Gasteiger partial charge in [-0.25, -0.2) is 19.9 Å². The number of alkyl halides is 6. The minimum absolute atomic E-state index is 0.119. The van der Waals surface area contributed by atoms with E-state index in [1.54, 1.807) is 111 Å². The molecule has 0 fully saturated rings. The Morgan fingerprint density at radius 2 is 1.01 bits per heavy atom. The van der Waals surface area contributed by atoms with Crippen LogP contribution in [0.1, 0.15) is 22.3 Å². The van der Waals surface area contributed by atoms with E-state index in [0.29, 0.717) is 84.1 Å². The Morgan fingerprint density at radius 3 is 1.47 bits per heavy atom. The molecule has 10 rings (SSSR count). The van der Waals surface area contributed by atoms with Crippen LogP contribution in [0.3, 0.4) is 0 Å². The van der Waals surface area contributed by atoms with Crippen molar-refractivity contribution < 1.29 is 31.1 Å². The quantitative estimate of drug-likeness (QED) is 0.0586. The van der Waals surface area contributed by atoms with Crippen molar-refractivity contribution >= 4 is 62.4 Å². The van der Waals surface area contributed by atoms with Gasteiger partial charge in [0.25, 0.3) is 11.1 Å². The highest BCUT2D eigenvalue weighted by atomic mass is 19.4. The summed E-state index contributed by atoms with van der Waals surface area (Å²) in [6, 6.07) is 37.6. The molecule has 0 saturated heterocycles. The van der Waals surface area contributed by atoms with Crippen molar-refractivity contribution in [2.24, 2.45) is 0 Å². The van der Waals surface area contributed by atoms with E-state index in [2.05, 4.69) is 42.5 Å². The molecule has 0 bridgehead atoms. The predicted molar refractivity (Wildman–Crippen MR) is 283 cm³/mol. The summed E-state index contributed by atoms with van der Waals surface area (Å²) in [4.78, 5) is 56.2. The fourth-order valence-corrected chi connectivity index (χ4v) is 8.27. The number of pyridine rings is 2. The average Bonchev–Trinajstić information content (AvgIpc) is 3.39. The van der Waals surface area contributed by atoms with Crippen LogP contribution < -0.4 is 32.8 Å². The number of aromatic nitrogens is 6. The number of fused-ring (bicyclic) bond motifs is 2. The van der Waals surface area contributed by atoms with Crippen LogP contribution in [0.15, 0.2) is 193 Å². The molecule has 19 heteroatoms. The summed E-state index contributed by atoms with van der Waals surface area (Å²) in [5.74, 6) is 0.393. The van der Waals surface area contributed by atoms with Crippen LogP contribution >= 0.6 is 0 Å². The zero-order valence-electron chi connectivity index (χ0n) is 40.2. The standard InChI is InChI=1S/C30H22F3N5O2.C27H20F3N5O/c1-3-26(39)35-22-7-5-8-23(16-22)36-29-34-17-20-14-19(10-11-25(20)37-29)27-18(2)12-13-38(28(27)40)24-9-4-6-21(15-24)30(31,32)33;1-16-10-11-35(22-7-2-4-19(13-22)27(28,29)30)25(36)24(16)17-8-9-23-18(12-17)15-32-26(34-23)33-21-6-3-5-20(31)14-21/h3-17H,1H2,2H3,(H,35,39)(H,34,36,37);2-15H,31H2,1H3,(H,32,33,34). The van der Waals surface area contributed by atoms with E-state index in [1.165, 1.54) is 51.9 Å². The molecule has 0 spiro atoms. The van der Waals surface area contributed by atoms with Gasteiger partial charge in [0.05, 0.1) is 33.3 Å². The first-order valence-corrected chi connectivity index (χ1v) is 23.1. The second-order valence-electron chi connectivity index (χ2n) is 17.3. The number of hydrogen-bond donors (Lipinski definition) is 4. The van der Waals surface area contributed by atoms with Gasteiger partial charge in [-0.1, -0.05) is 43.0 Å². The number of carbonyl (C=O) groups excluding carboxylic acids is 1. The van der Waals surface area contributed by atoms with Crippen LogP contribution in [0.5, 0.6) is 0 Å². The lowest BCUT2D eigenvalue weighted by Crippen LogP contribution is -2.21. The SMILES string of the molecule is C=CC(=O)Nc1cccc(Nc2ncc3cc(-c4c(C)ccn(-c5cccc(C(F)(F)F)c5)c4=O)ccc3n2)c1.Cc1ccn(-c2cccc(C(F)(F)F)c2)c(=O)c1-c1ccc2nc(Nc3cccc(N)c3)ncc2c1. The average molecular weight is 1030 g/mol. The van der Waals surface area contributed by atoms with E-state index in [9.17, 15) is 40.7 Å². The molecule has 380 valence electrons. The van der Waals surface area contributed by atoms with E-state index < -0.39 is 34.6 Å². The van der Waals surface area contributed by atoms with E-state index in [0.717, 1.165) is 30.0 Å². The zero-order chi connectivity index (χ0) is 53.9. The maximum Gasteiger partial charge on any atom is 0.416 e. The normalized spacial score (nSPS) is 11.4. The van der Waals surface area contributed by atoms with Crippen molar-refractivity contribution in [2.75, 3.05) is 21.7 Å². The number of nitrogens with one attached hydrogen (secondary N) is 3. The predicted octanol–water partition coefficient (Wildman–Crippen LogP) is 12.7. The van der Waals surface area contributed by atoms with Crippen molar-refractivity contribution in [1.29, 1.82) is 0 Å². The first-order valence-electron chi connectivity index (χ1n) is 23.1. The highest BCUT2D eigenvalue weighted by Crippen LogP contribution is 2.33. The number of carbonyl (C=O) groups is 1. The molecule has 0 radical (unpaired) electrons. The van der Waals surface area contributed by atoms with Crippen LogP contribution in [-0.2, 0) is 17.1 Å². The first-order chi connectivity index (χ1) is 36.3. The van der Waals surface area contributed by atoms with Gasteiger partial charge in [0.1, 0.15) is 0 Å². The van der Waals surface area contributed by atoms with Crippen LogP contribution in [0.25, 0.3) is 55.4 Å². The molecule has 1 amide bonds. The molecule has 0 aliphatic carbocycles. The summed E-state index contributed by atoms with van der Waals surface area (Å²) in [6.07, 6.45) is -1.65. The number of anilines is 6. The molecular formula is C57H42F6N10O3. The molecule has 0 aliphatic heterocycles. The topological polar surface area (TPSA) is 175 Å². The first kappa shape index (κ1) is 51.0. The maximum atomic E-state index is 13.5. The Labute approximate surface area is 428 Å². The Morgan fingerprint density at radius 1 is 0.566 bits per heavy atom. The van der Waals surface area contributed by atoms with Crippen LogP contribution in [0.4, 0.5) is 61.0 Å². The summed E-state index contributed by atoms with van der Waals surface area (Å²) < 4.78 is 81.8. The molecule has 10 aromatic rings. The summed E-state index contributed by atoms with van der Waals surface area (Å²) in [5, 5.41) is 10.3. The fourth-order valence-electron chi connectivity index (χ4n) is 8.27. The van der Waals surface area contributed by atoms with E-state index >= 15 is 0 Å². The molecule has 0 unspecified atom stereocenters. The van der Waals surface area contributed by atoms with Gasteiger partial charge in [0.15, 0.2) is 0 Å². The number of amides is 1. The third-order valence-electron chi connectivity index (χ3n) is 12.0. The van der Waals surface area contributed by atoms with Gasteiger partial charge in [0, 0.05) is 69.7 Å². The number of benzene rings is 6. The van der Waals surface area contributed by atoms with Gasteiger partial charge in [-0.05, 0) is 151 Å². The van der Waals surface area contributed by atoms with Crippen molar-refractivity contribution in [2.45, 2.75) is 26.2 Å². The number of nitrogen functional groups attached to an aromatic ring is 1. The van der Waals surface area contributed by atoms with Crippen LogP contribution in [-0.4, -0.2) is 35.0 Å². The summed E-state index contributed by atoms with van der Waals surface area (Å²) >= 11 is 0. The minimum atomic E-state index is -4.52. The lowest BCUT2D eigenvalue weighted by molar-refractivity contribution is -0.138. The number of nitrogens with two attached hydrogens (primary N) is 1. The number of hydrogen-bond acceptors (Lipinski definition) is 10. The summed E-state index contributed by atoms with van der Waals surface area (Å²) in [5.41, 5.74) is 10.8. The molecule has 0 saturated carbocycles. The summed E-state index contributed by atoms with van der Waals surface area (Å²) in [6.45, 7) is 6.99. The summed E-state index contributed by atoms with van der Waals surface area (Å²) in [7, 11) is 0. The molecule has 6 aromatic carbocycles. The number of aryl methyl sites for hydroxylation is 2. The minimum Gasteiger partial charge on any atom is -0.399 e. The van der Waals surface area contributed by atoms with Crippen LogP contribution in [0.2, 0.25) is 0 Å². The Kier molecular flexibility index (Phi) is 14.0. The van der Waals surface area contributed by atoms with Crippen molar-refractivity contribution in [3.05, 3.63) is 226 Å². The molecule has 0 atom stereocenters. The lowest BCUT2D eigenvalue weighted by atomic mass is 10.0. The Hall–Kier alpha value is -9.91. The smallest absolute Gasteiger partial charge is 0.399 e. The van der Waals surface area contributed by atoms with Crippen molar-refractivity contribution in [3.8, 4) is 33.6 Å². The lowest BCUT2D eigenvalue weighted by Gasteiger charge is -2.14. The highest BCUT2D eigenvalue weighted by molar-refractivity contribution is 5.99. The van der Waals surface area contributed by atoms with Crippen molar-refractivity contribution in [1.82, 2.24) is 29.1 Å². The third-order valence-corrected chi connectivity index (χ3v) is 12.0. The zero-order valence-corrected chi connectivity index (χ0v) is 40.2. The third kappa shape index (κ3) is 11.3. The van der Waals surface area contributed by atoms with Gasteiger partial charge in [0.2, 0.25) is 17.8 Å². The van der Waals surface area contributed by atoms with Gasteiger partial charge >= 0.3 is 12.4 Å². The van der Waals surface area contributed by atoms with Crippen LogP contribution in [0, 0.1) is 13.8 Å². The van der Waals surface area contributed by atoms with Crippen molar-refractivity contribution in [3.63, 3.8) is 0 Å². The van der Waals surface area contributed by atoms with Gasteiger partial charge in [-0.15, -0.1) is 0 Å². The number of halogens is 6. The molecule has 76 heavy (non-hydrogen) atoms. The monoisotopic (exact) mass is 1030 g/mol. The van der Waals surface area contributed by atoms with Gasteiger partial charge in [-0.3, -0.25) is 23.5 Å². The molecule has 5 N–H and O–H groups in total. The molecule has 0 aliphatic rings. The Balaban J connectivity index is 0.000000187. The molecule has 4 heterocycles. The largest absolute Gasteiger partial charge is 0.416 e.